The van der Waals surface area contributed by atoms with Crippen LogP contribution in [0, 0.1) is 5.82 Å². The summed E-state index contributed by atoms with van der Waals surface area (Å²) in [5.41, 5.74) is 1.99. The van der Waals surface area contributed by atoms with Gasteiger partial charge < -0.3 is 10.1 Å². The van der Waals surface area contributed by atoms with Gasteiger partial charge in [0.2, 0.25) is 5.91 Å². The molecule has 1 atom stereocenters. The van der Waals surface area contributed by atoms with E-state index in [2.05, 4.69) is 28.4 Å². The van der Waals surface area contributed by atoms with E-state index < -0.39 is 0 Å². The third-order valence-electron chi connectivity index (χ3n) is 5.45. The van der Waals surface area contributed by atoms with Crippen molar-refractivity contribution >= 4 is 22.8 Å². The van der Waals surface area contributed by atoms with Gasteiger partial charge in [-0.3, -0.25) is 9.69 Å². The Hall–Kier alpha value is -3.02. The fraction of sp³-hybridized carbons (Fsp3) is 0.240. The highest BCUT2D eigenvalue weighted by Gasteiger charge is 2.23. The highest BCUT2D eigenvalue weighted by Crippen LogP contribution is 2.22. The highest BCUT2D eigenvalue weighted by molar-refractivity contribution is 5.96. The van der Waals surface area contributed by atoms with Crippen molar-refractivity contribution in [2.45, 2.75) is 6.04 Å². The third-order valence-corrected chi connectivity index (χ3v) is 5.45. The predicted octanol–water partition coefficient (Wildman–Crippen LogP) is 4.18. The molecule has 0 bridgehead atoms. The summed E-state index contributed by atoms with van der Waals surface area (Å²) in [5, 5.41) is 5.26. The Morgan fingerprint density at radius 2 is 1.77 bits per heavy atom. The third kappa shape index (κ3) is 4.93. The maximum atomic E-state index is 13.4. The second-order valence-corrected chi connectivity index (χ2v) is 7.36. The molecule has 3 aromatic carbocycles. The zero-order chi connectivity index (χ0) is 20.8. The van der Waals surface area contributed by atoms with E-state index in [4.69, 9.17) is 4.74 Å². The van der Waals surface area contributed by atoms with Crippen LogP contribution >= 0.6 is 0 Å². The number of carbonyl (C=O) groups excluding carboxylic acids is 1. The van der Waals surface area contributed by atoms with Crippen LogP contribution in [-0.2, 0) is 9.53 Å². The van der Waals surface area contributed by atoms with Crippen molar-refractivity contribution < 1.29 is 13.9 Å². The second kappa shape index (κ2) is 9.65. The van der Waals surface area contributed by atoms with E-state index in [1.807, 2.05) is 30.3 Å². The molecule has 154 valence electrons. The number of carbonyl (C=O) groups is 1. The number of ether oxygens (including phenoxy) is 1. The summed E-state index contributed by atoms with van der Waals surface area (Å²) < 4.78 is 18.8. The molecule has 1 unspecified atom stereocenters. The van der Waals surface area contributed by atoms with E-state index in [1.54, 1.807) is 18.2 Å². The molecule has 0 saturated carbocycles. The number of fused-ring (bicyclic) bond motifs is 1. The number of nitrogens with zero attached hydrogens (tertiary/aromatic N) is 1. The lowest BCUT2D eigenvalue weighted by Gasteiger charge is -2.34. The number of nitrogens with one attached hydrogen (secondary N) is 1. The van der Waals surface area contributed by atoms with Crippen LogP contribution in [0.4, 0.5) is 4.39 Å². The molecule has 0 radical (unpaired) electrons. The van der Waals surface area contributed by atoms with Gasteiger partial charge in [0.25, 0.3) is 0 Å². The van der Waals surface area contributed by atoms with Crippen molar-refractivity contribution in [1.29, 1.82) is 0 Å². The summed E-state index contributed by atoms with van der Waals surface area (Å²) in [5.74, 6) is -0.412. The lowest BCUT2D eigenvalue weighted by Crippen LogP contribution is -2.43. The summed E-state index contributed by atoms with van der Waals surface area (Å²) in [7, 11) is 0. The molecule has 4 rings (SSSR count). The largest absolute Gasteiger partial charge is 0.379 e. The predicted molar refractivity (Wildman–Crippen MR) is 118 cm³/mol. The van der Waals surface area contributed by atoms with Gasteiger partial charge in [-0.15, -0.1) is 0 Å². The fourth-order valence-corrected chi connectivity index (χ4v) is 3.85. The van der Waals surface area contributed by atoms with Gasteiger partial charge in [-0.2, -0.15) is 0 Å². The number of hydrogen-bond acceptors (Lipinski definition) is 3. The summed E-state index contributed by atoms with van der Waals surface area (Å²) in [4.78, 5) is 14.8. The zero-order valence-electron chi connectivity index (χ0n) is 16.8. The maximum absolute atomic E-state index is 13.4. The normalized spacial score (nSPS) is 16.0. The summed E-state index contributed by atoms with van der Waals surface area (Å²) in [6, 6.07) is 20.6. The topological polar surface area (TPSA) is 41.6 Å². The summed E-state index contributed by atoms with van der Waals surface area (Å²) in [6.45, 7) is 3.33. The lowest BCUT2D eigenvalue weighted by atomic mass is 10.0. The molecule has 1 aliphatic rings. The molecule has 1 amide bonds. The Kier molecular flexibility index (Phi) is 6.52. The van der Waals surface area contributed by atoms with Gasteiger partial charge in [-0.05, 0) is 40.1 Å². The van der Waals surface area contributed by atoms with Crippen LogP contribution in [0.25, 0.3) is 16.8 Å². The number of halogens is 1. The van der Waals surface area contributed by atoms with Gasteiger partial charge in [0.05, 0.1) is 19.3 Å². The minimum Gasteiger partial charge on any atom is -0.379 e. The Morgan fingerprint density at radius 3 is 2.57 bits per heavy atom. The van der Waals surface area contributed by atoms with E-state index in [0.29, 0.717) is 19.8 Å². The molecule has 3 aromatic rings. The number of benzene rings is 3. The van der Waals surface area contributed by atoms with Crippen LogP contribution in [0.3, 0.4) is 0 Å². The molecular formula is C25H25FN2O2. The van der Waals surface area contributed by atoms with Crippen molar-refractivity contribution in [3.05, 3.63) is 89.8 Å². The molecule has 1 N–H and O–H groups in total. The van der Waals surface area contributed by atoms with Crippen molar-refractivity contribution in [3.8, 4) is 0 Å². The first kappa shape index (κ1) is 20.3. The average molecular weight is 404 g/mol. The molecule has 5 heteroatoms. The van der Waals surface area contributed by atoms with Crippen molar-refractivity contribution in [2.75, 3.05) is 32.8 Å². The number of morpholine rings is 1. The van der Waals surface area contributed by atoms with Gasteiger partial charge in [-0.25, -0.2) is 4.39 Å². The van der Waals surface area contributed by atoms with Crippen LogP contribution in [0.5, 0.6) is 0 Å². The summed E-state index contributed by atoms with van der Waals surface area (Å²) >= 11 is 0. The highest BCUT2D eigenvalue weighted by atomic mass is 19.1. The standard InChI is InChI=1S/C25H25FN2O2/c26-22-11-8-21(9-12-22)24(28-14-16-30-17-15-28)18-27-25(29)13-10-20-6-3-5-19-4-1-2-7-23(19)20/h1-13,24H,14-18H2,(H,27,29)/b13-10+. The first-order chi connectivity index (χ1) is 14.7. The molecule has 0 spiro atoms. The zero-order valence-corrected chi connectivity index (χ0v) is 16.8. The van der Waals surface area contributed by atoms with Crippen LogP contribution < -0.4 is 5.32 Å². The monoisotopic (exact) mass is 404 g/mol. The Labute approximate surface area is 176 Å². The average Bonchev–Trinajstić information content (AvgIpc) is 2.79. The molecule has 0 aliphatic carbocycles. The maximum Gasteiger partial charge on any atom is 0.244 e. The number of amides is 1. The molecule has 1 heterocycles. The van der Waals surface area contributed by atoms with E-state index in [-0.39, 0.29) is 17.8 Å². The van der Waals surface area contributed by atoms with Gasteiger partial charge in [0.1, 0.15) is 5.82 Å². The van der Waals surface area contributed by atoms with E-state index in [1.165, 1.54) is 12.1 Å². The summed E-state index contributed by atoms with van der Waals surface area (Å²) in [6.07, 6.45) is 3.42. The minimum atomic E-state index is -0.262. The SMILES string of the molecule is O=C(/C=C/c1cccc2ccccc12)NCC(c1ccc(F)cc1)N1CCOCC1. The minimum absolute atomic E-state index is 0.0237. The fourth-order valence-electron chi connectivity index (χ4n) is 3.85. The van der Waals surface area contributed by atoms with Crippen LogP contribution in [0.1, 0.15) is 17.2 Å². The molecule has 1 saturated heterocycles. The van der Waals surface area contributed by atoms with Gasteiger partial charge in [0, 0.05) is 25.7 Å². The van der Waals surface area contributed by atoms with Crippen molar-refractivity contribution in [2.24, 2.45) is 0 Å². The van der Waals surface area contributed by atoms with Gasteiger partial charge >= 0.3 is 0 Å². The van der Waals surface area contributed by atoms with Gasteiger partial charge in [-0.1, -0.05) is 54.6 Å². The first-order valence-corrected chi connectivity index (χ1v) is 10.2. The van der Waals surface area contributed by atoms with Gasteiger partial charge in [0.15, 0.2) is 0 Å². The smallest absolute Gasteiger partial charge is 0.244 e. The van der Waals surface area contributed by atoms with Crippen molar-refractivity contribution in [3.63, 3.8) is 0 Å². The molecule has 30 heavy (non-hydrogen) atoms. The molecule has 1 fully saturated rings. The van der Waals surface area contributed by atoms with E-state index in [0.717, 1.165) is 35.0 Å². The quantitative estimate of drug-likeness (QED) is 0.627. The molecule has 4 nitrogen and oxygen atoms in total. The molecule has 0 aromatic heterocycles. The van der Waals surface area contributed by atoms with Crippen LogP contribution in [-0.4, -0.2) is 43.7 Å². The lowest BCUT2D eigenvalue weighted by molar-refractivity contribution is -0.116. The molecule has 1 aliphatic heterocycles. The Bertz CT molecular complexity index is 1020. The number of rotatable bonds is 6. The number of hydrogen-bond donors (Lipinski definition) is 1. The van der Waals surface area contributed by atoms with Crippen LogP contribution in [0.15, 0.2) is 72.8 Å². The Morgan fingerprint density at radius 1 is 1.03 bits per heavy atom. The van der Waals surface area contributed by atoms with Crippen LogP contribution in [0.2, 0.25) is 0 Å². The Balaban J connectivity index is 1.45. The first-order valence-electron chi connectivity index (χ1n) is 10.2. The van der Waals surface area contributed by atoms with E-state index >= 15 is 0 Å². The molecular weight excluding hydrogens is 379 g/mol. The van der Waals surface area contributed by atoms with Crippen molar-refractivity contribution in [1.82, 2.24) is 10.2 Å². The van der Waals surface area contributed by atoms with E-state index in [9.17, 15) is 9.18 Å². The second-order valence-electron chi connectivity index (χ2n) is 7.36.